The number of hydrogen-bond acceptors (Lipinski definition) is 6. The molecule has 104 valence electrons. The molecule has 1 N–H and O–H groups in total. The Morgan fingerprint density at radius 2 is 2.05 bits per heavy atom. The summed E-state index contributed by atoms with van der Waals surface area (Å²) in [5, 5.41) is 15.5. The van der Waals surface area contributed by atoms with Crippen molar-refractivity contribution in [1.29, 1.82) is 0 Å². The summed E-state index contributed by atoms with van der Waals surface area (Å²) >= 11 is 0. The predicted octanol–water partition coefficient (Wildman–Crippen LogP) is 2.21. The van der Waals surface area contributed by atoms with E-state index in [1.807, 2.05) is 38.3 Å². The topological polar surface area (TPSA) is 81.1 Å². The van der Waals surface area contributed by atoms with Gasteiger partial charge in [0.1, 0.15) is 11.6 Å². The lowest BCUT2D eigenvalue weighted by Crippen LogP contribution is -2.10. The first kappa shape index (κ1) is 12.6. The van der Waals surface area contributed by atoms with E-state index in [1.54, 1.807) is 6.20 Å². The summed E-state index contributed by atoms with van der Waals surface area (Å²) in [5.74, 6) is 2.34. The molecule has 0 radical (unpaired) electrons. The van der Waals surface area contributed by atoms with Crippen molar-refractivity contribution >= 4 is 11.5 Å². The van der Waals surface area contributed by atoms with E-state index in [2.05, 4.69) is 25.7 Å². The van der Waals surface area contributed by atoms with Crippen LogP contribution in [0.3, 0.4) is 0 Å². The molecule has 0 aliphatic rings. The Kier molecular flexibility index (Phi) is 2.89. The highest BCUT2D eigenvalue weighted by Crippen LogP contribution is 2.25. The zero-order valence-electron chi connectivity index (χ0n) is 11.9. The quantitative estimate of drug-likeness (QED) is 0.787. The van der Waals surface area contributed by atoms with Gasteiger partial charge in [0, 0.05) is 18.0 Å². The van der Waals surface area contributed by atoms with E-state index in [-0.39, 0.29) is 6.04 Å². The molecule has 0 aromatic carbocycles. The fourth-order valence-corrected chi connectivity index (χ4v) is 2.43. The first-order chi connectivity index (χ1) is 9.58. The van der Waals surface area contributed by atoms with Crippen LogP contribution in [0, 0.1) is 20.8 Å². The van der Waals surface area contributed by atoms with Crippen LogP contribution in [0.2, 0.25) is 0 Å². The van der Waals surface area contributed by atoms with Gasteiger partial charge in [-0.05, 0) is 27.7 Å². The van der Waals surface area contributed by atoms with Crippen molar-refractivity contribution in [2.45, 2.75) is 33.7 Å². The summed E-state index contributed by atoms with van der Waals surface area (Å²) < 4.78 is 7.10. The van der Waals surface area contributed by atoms with Crippen molar-refractivity contribution in [3.8, 4) is 0 Å². The largest absolute Gasteiger partial charge is 0.361 e. The summed E-state index contributed by atoms with van der Waals surface area (Å²) in [6, 6.07) is 0.0250. The molecular weight excluding hydrogens is 256 g/mol. The van der Waals surface area contributed by atoms with Crippen molar-refractivity contribution in [2.75, 3.05) is 5.32 Å². The van der Waals surface area contributed by atoms with Crippen molar-refractivity contribution in [3.05, 3.63) is 35.2 Å². The van der Waals surface area contributed by atoms with E-state index in [0.29, 0.717) is 11.5 Å². The van der Waals surface area contributed by atoms with E-state index in [4.69, 9.17) is 4.52 Å². The molecule has 0 bridgehead atoms. The number of fused-ring (bicyclic) bond motifs is 1. The van der Waals surface area contributed by atoms with Gasteiger partial charge < -0.3 is 9.84 Å². The van der Waals surface area contributed by atoms with Crippen LogP contribution in [0.4, 0.5) is 5.82 Å². The third kappa shape index (κ3) is 1.91. The van der Waals surface area contributed by atoms with Gasteiger partial charge in [-0.15, -0.1) is 10.2 Å². The van der Waals surface area contributed by atoms with Crippen molar-refractivity contribution in [3.63, 3.8) is 0 Å². The molecule has 0 aliphatic heterocycles. The minimum atomic E-state index is 0.0250. The van der Waals surface area contributed by atoms with Gasteiger partial charge in [-0.1, -0.05) is 5.16 Å². The molecule has 20 heavy (non-hydrogen) atoms. The standard InChI is InChI=1S/C13H16N6O/c1-7(11-8(2)18-20-9(11)3)15-12-13-17-16-10(4)19(13)6-5-14-12/h5-7H,1-4H3,(H,14,15). The highest BCUT2D eigenvalue weighted by Gasteiger charge is 2.18. The van der Waals surface area contributed by atoms with Crippen molar-refractivity contribution < 1.29 is 4.52 Å². The Labute approximate surface area is 116 Å². The fourth-order valence-electron chi connectivity index (χ4n) is 2.43. The average molecular weight is 272 g/mol. The van der Waals surface area contributed by atoms with Crippen LogP contribution in [-0.2, 0) is 0 Å². The lowest BCUT2D eigenvalue weighted by Gasteiger charge is -2.14. The Balaban J connectivity index is 1.97. The molecular formula is C13H16N6O. The Hall–Kier alpha value is -2.44. The van der Waals surface area contributed by atoms with Gasteiger partial charge in [0.25, 0.3) is 0 Å². The van der Waals surface area contributed by atoms with Gasteiger partial charge in [0.15, 0.2) is 5.82 Å². The van der Waals surface area contributed by atoms with E-state index >= 15 is 0 Å². The van der Waals surface area contributed by atoms with Crippen LogP contribution >= 0.6 is 0 Å². The summed E-state index contributed by atoms with van der Waals surface area (Å²) in [7, 11) is 0. The van der Waals surface area contributed by atoms with Gasteiger partial charge in [-0.2, -0.15) is 0 Å². The van der Waals surface area contributed by atoms with Crippen LogP contribution in [0.15, 0.2) is 16.9 Å². The number of nitrogens with zero attached hydrogens (tertiary/aromatic N) is 5. The molecule has 0 saturated carbocycles. The van der Waals surface area contributed by atoms with Crippen molar-refractivity contribution in [2.24, 2.45) is 0 Å². The molecule has 7 nitrogen and oxygen atoms in total. The molecule has 0 spiro atoms. The fraction of sp³-hybridized carbons (Fsp3) is 0.385. The lowest BCUT2D eigenvalue weighted by molar-refractivity contribution is 0.392. The zero-order valence-corrected chi connectivity index (χ0v) is 11.9. The van der Waals surface area contributed by atoms with Crippen LogP contribution in [-0.4, -0.2) is 24.7 Å². The summed E-state index contributed by atoms with van der Waals surface area (Å²) in [4.78, 5) is 4.34. The Morgan fingerprint density at radius 1 is 1.25 bits per heavy atom. The third-order valence-electron chi connectivity index (χ3n) is 3.37. The molecule has 3 aromatic rings. The minimum absolute atomic E-state index is 0.0250. The molecule has 3 aromatic heterocycles. The highest BCUT2D eigenvalue weighted by molar-refractivity contribution is 5.62. The smallest absolute Gasteiger partial charge is 0.203 e. The summed E-state index contributed by atoms with van der Waals surface area (Å²) in [6.45, 7) is 7.78. The molecule has 7 heteroatoms. The average Bonchev–Trinajstić information content (AvgIpc) is 2.95. The van der Waals surface area contributed by atoms with Crippen LogP contribution < -0.4 is 5.32 Å². The minimum Gasteiger partial charge on any atom is -0.361 e. The Morgan fingerprint density at radius 3 is 2.75 bits per heavy atom. The zero-order chi connectivity index (χ0) is 14.3. The molecule has 0 fully saturated rings. The van der Waals surface area contributed by atoms with Crippen LogP contribution in [0.5, 0.6) is 0 Å². The van der Waals surface area contributed by atoms with Crippen LogP contribution in [0.25, 0.3) is 5.65 Å². The monoisotopic (exact) mass is 272 g/mol. The summed E-state index contributed by atoms with van der Waals surface area (Å²) in [5.41, 5.74) is 2.64. The molecule has 3 rings (SSSR count). The Bertz CT molecular complexity index is 740. The van der Waals surface area contributed by atoms with E-state index in [1.165, 1.54) is 0 Å². The third-order valence-corrected chi connectivity index (χ3v) is 3.37. The number of hydrogen-bond donors (Lipinski definition) is 1. The maximum Gasteiger partial charge on any atom is 0.203 e. The van der Waals surface area contributed by atoms with E-state index in [0.717, 1.165) is 22.8 Å². The lowest BCUT2D eigenvalue weighted by atomic mass is 10.1. The number of aryl methyl sites for hydroxylation is 3. The van der Waals surface area contributed by atoms with Gasteiger partial charge in [0.05, 0.1) is 11.7 Å². The second-order valence-electron chi connectivity index (χ2n) is 4.82. The van der Waals surface area contributed by atoms with Gasteiger partial charge in [-0.3, -0.25) is 4.40 Å². The van der Waals surface area contributed by atoms with Crippen molar-refractivity contribution in [1.82, 2.24) is 24.7 Å². The first-order valence-corrected chi connectivity index (χ1v) is 6.43. The summed E-state index contributed by atoms with van der Waals surface area (Å²) in [6.07, 6.45) is 3.57. The number of anilines is 1. The van der Waals surface area contributed by atoms with Gasteiger partial charge in [0.2, 0.25) is 5.65 Å². The van der Waals surface area contributed by atoms with Gasteiger partial charge >= 0.3 is 0 Å². The number of nitrogens with one attached hydrogen (secondary N) is 1. The molecule has 1 unspecified atom stereocenters. The van der Waals surface area contributed by atoms with E-state index in [9.17, 15) is 0 Å². The van der Waals surface area contributed by atoms with E-state index < -0.39 is 0 Å². The first-order valence-electron chi connectivity index (χ1n) is 6.43. The molecule has 0 amide bonds. The number of aromatic nitrogens is 5. The normalized spacial score (nSPS) is 12.8. The second kappa shape index (κ2) is 4.59. The predicted molar refractivity (Wildman–Crippen MR) is 73.5 cm³/mol. The molecule has 0 aliphatic carbocycles. The van der Waals surface area contributed by atoms with Crippen LogP contribution in [0.1, 0.15) is 35.8 Å². The highest BCUT2D eigenvalue weighted by atomic mass is 16.5. The van der Waals surface area contributed by atoms with Gasteiger partial charge in [-0.25, -0.2) is 4.98 Å². The molecule has 3 heterocycles. The number of rotatable bonds is 3. The molecule has 1 atom stereocenters. The molecule has 0 saturated heterocycles. The maximum atomic E-state index is 5.20. The maximum absolute atomic E-state index is 5.20. The second-order valence-corrected chi connectivity index (χ2v) is 4.82. The SMILES string of the molecule is Cc1noc(C)c1C(C)Nc1nccn2c(C)nnc12.